The van der Waals surface area contributed by atoms with Gasteiger partial charge >= 0.3 is 0 Å². The van der Waals surface area contributed by atoms with Gasteiger partial charge in [0.25, 0.3) is 5.91 Å². The summed E-state index contributed by atoms with van der Waals surface area (Å²) in [5, 5.41) is 0.514. The lowest BCUT2D eigenvalue weighted by molar-refractivity contribution is -0.117. The summed E-state index contributed by atoms with van der Waals surface area (Å²) in [5.74, 6) is 0.0382. The molecular weight excluding hydrogens is 290 g/mol. The number of benzene rings is 1. The van der Waals surface area contributed by atoms with Gasteiger partial charge in [-0.1, -0.05) is 11.6 Å². The molecule has 0 aliphatic carbocycles. The minimum atomic E-state index is -0.154. The standard InChI is InChI=1S/C15H18ClN3O2/c1-17(2)7-8-18-13-5-6-14(20)19(13)12-4-3-10(16)9-11(12)15(18)21/h3-4,9,13H,5-8H2,1-2H3. The van der Waals surface area contributed by atoms with Gasteiger partial charge in [-0.25, -0.2) is 0 Å². The molecule has 112 valence electrons. The van der Waals surface area contributed by atoms with E-state index in [2.05, 4.69) is 0 Å². The second kappa shape index (κ2) is 5.31. The van der Waals surface area contributed by atoms with Crippen molar-refractivity contribution in [3.8, 4) is 0 Å². The fraction of sp³-hybridized carbons (Fsp3) is 0.467. The van der Waals surface area contributed by atoms with E-state index >= 15 is 0 Å². The van der Waals surface area contributed by atoms with Gasteiger partial charge in [0, 0.05) is 24.5 Å². The lowest BCUT2D eigenvalue weighted by atomic mass is 10.1. The second-order valence-electron chi connectivity index (χ2n) is 5.75. The molecule has 0 aromatic heterocycles. The van der Waals surface area contributed by atoms with Gasteiger partial charge in [0.2, 0.25) is 5.91 Å². The van der Waals surface area contributed by atoms with E-state index in [0.717, 1.165) is 6.54 Å². The van der Waals surface area contributed by atoms with Crippen molar-refractivity contribution in [3.63, 3.8) is 0 Å². The molecule has 1 aromatic rings. The molecule has 1 saturated heterocycles. The Hall–Kier alpha value is -1.59. The molecule has 0 saturated carbocycles. The zero-order valence-corrected chi connectivity index (χ0v) is 12.9. The summed E-state index contributed by atoms with van der Waals surface area (Å²) >= 11 is 6.01. The largest absolute Gasteiger partial charge is 0.316 e. The molecule has 2 amide bonds. The Morgan fingerprint density at radius 3 is 2.81 bits per heavy atom. The van der Waals surface area contributed by atoms with Gasteiger partial charge in [-0.05, 0) is 38.7 Å². The number of carbonyl (C=O) groups is 2. The molecule has 1 atom stereocenters. The van der Waals surface area contributed by atoms with Crippen LogP contribution in [0.4, 0.5) is 5.69 Å². The second-order valence-corrected chi connectivity index (χ2v) is 6.18. The van der Waals surface area contributed by atoms with E-state index < -0.39 is 0 Å². The molecule has 6 heteroatoms. The van der Waals surface area contributed by atoms with Crippen molar-refractivity contribution in [2.45, 2.75) is 19.0 Å². The van der Waals surface area contributed by atoms with Crippen LogP contribution < -0.4 is 4.90 Å². The maximum absolute atomic E-state index is 12.7. The lowest BCUT2D eigenvalue weighted by Gasteiger charge is -2.41. The Morgan fingerprint density at radius 2 is 2.10 bits per heavy atom. The maximum Gasteiger partial charge on any atom is 0.257 e. The van der Waals surface area contributed by atoms with Gasteiger partial charge in [0.15, 0.2) is 0 Å². The average Bonchev–Trinajstić information content (AvgIpc) is 2.80. The van der Waals surface area contributed by atoms with Gasteiger partial charge < -0.3 is 9.80 Å². The van der Waals surface area contributed by atoms with E-state index in [4.69, 9.17) is 11.6 Å². The third-order valence-electron chi connectivity index (χ3n) is 4.04. The van der Waals surface area contributed by atoms with Crippen molar-refractivity contribution in [1.29, 1.82) is 0 Å². The summed E-state index contributed by atoms with van der Waals surface area (Å²) in [7, 11) is 3.94. The van der Waals surface area contributed by atoms with Crippen LogP contribution in [0.15, 0.2) is 18.2 Å². The summed E-state index contributed by atoms with van der Waals surface area (Å²) in [6.07, 6.45) is 1.03. The number of hydrogen-bond donors (Lipinski definition) is 0. The fourth-order valence-electron chi connectivity index (χ4n) is 3.00. The average molecular weight is 308 g/mol. The number of amides is 2. The first kappa shape index (κ1) is 14.4. The fourth-order valence-corrected chi connectivity index (χ4v) is 3.17. The van der Waals surface area contributed by atoms with Crippen LogP contribution in [0.5, 0.6) is 0 Å². The first-order valence-electron chi connectivity index (χ1n) is 7.06. The highest BCUT2D eigenvalue weighted by atomic mass is 35.5. The molecule has 3 rings (SSSR count). The minimum Gasteiger partial charge on any atom is -0.316 e. The minimum absolute atomic E-state index is 0.0368. The molecule has 2 heterocycles. The van der Waals surface area contributed by atoms with Gasteiger partial charge in [-0.3, -0.25) is 14.5 Å². The van der Waals surface area contributed by atoms with Crippen LogP contribution in [0.25, 0.3) is 0 Å². The van der Waals surface area contributed by atoms with Crippen LogP contribution in [0.2, 0.25) is 5.02 Å². The molecule has 0 bridgehead atoms. The van der Waals surface area contributed by atoms with Crippen molar-refractivity contribution in [2.75, 3.05) is 32.1 Å². The van der Waals surface area contributed by atoms with Crippen LogP contribution in [0, 0.1) is 0 Å². The number of rotatable bonds is 3. The molecule has 2 aliphatic rings. The molecule has 5 nitrogen and oxygen atoms in total. The highest BCUT2D eigenvalue weighted by Gasteiger charge is 2.44. The number of carbonyl (C=O) groups excluding carboxylic acids is 2. The molecule has 0 radical (unpaired) electrons. The summed E-state index contributed by atoms with van der Waals surface area (Å²) in [5.41, 5.74) is 1.21. The summed E-state index contributed by atoms with van der Waals surface area (Å²) in [6.45, 7) is 1.37. The zero-order chi connectivity index (χ0) is 15.1. The molecule has 21 heavy (non-hydrogen) atoms. The van der Waals surface area contributed by atoms with E-state index in [1.54, 1.807) is 28.0 Å². The third kappa shape index (κ3) is 2.40. The lowest BCUT2D eigenvalue weighted by Crippen LogP contribution is -2.54. The Labute approximate surface area is 129 Å². The van der Waals surface area contributed by atoms with Crippen molar-refractivity contribution >= 4 is 29.1 Å². The third-order valence-corrected chi connectivity index (χ3v) is 4.28. The zero-order valence-electron chi connectivity index (χ0n) is 12.2. The number of halogens is 1. The summed E-state index contributed by atoms with van der Waals surface area (Å²) in [4.78, 5) is 30.5. The van der Waals surface area contributed by atoms with E-state index in [9.17, 15) is 9.59 Å². The Balaban J connectivity index is 2.01. The summed E-state index contributed by atoms with van der Waals surface area (Å²) < 4.78 is 0. The normalized spacial score (nSPS) is 21.0. The van der Waals surface area contributed by atoms with Crippen LogP contribution in [-0.4, -0.2) is 55.0 Å². The quantitative estimate of drug-likeness (QED) is 0.855. The first-order valence-corrected chi connectivity index (χ1v) is 7.44. The highest BCUT2D eigenvalue weighted by Crippen LogP contribution is 2.38. The molecule has 0 spiro atoms. The molecule has 1 aromatic carbocycles. The number of nitrogens with zero attached hydrogens (tertiary/aromatic N) is 3. The number of hydrogen-bond acceptors (Lipinski definition) is 3. The molecule has 1 fully saturated rings. The molecular formula is C15H18ClN3O2. The Morgan fingerprint density at radius 1 is 1.33 bits per heavy atom. The van der Waals surface area contributed by atoms with E-state index in [1.165, 1.54) is 0 Å². The van der Waals surface area contributed by atoms with Gasteiger partial charge in [-0.15, -0.1) is 0 Å². The van der Waals surface area contributed by atoms with Crippen molar-refractivity contribution < 1.29 is 9.59 Å². The predicted octanol–water partition coefficient (Wildman–Crippen LogP) is 1.81. The highest BCUT2D eigenvalue weighted by molar-refractivity contribution is 6.31. The topological polar surface area (TPSA) is 43.9 Å². The van der Waals surface area contributed by atoms with E-state index in [-0.39, 0.29) is 18.0 Å². The summed E-state index contributed by atoms with van der Waals surface area (Å²) in [6, 6.07) is 5.16. The maximum atomic E-state index is 12.7. The Bertz CT molecular complexity index is 603. The predicted molar refractivity (Wildman–Crippen MR) is 81.6 cm³/mol. The first-order chi connectivity index (χ1) is 9.99. The monoisotopic (exact) mass is 307 g/mol. The van der Waals surface area contributed by atoms with Crippen molar-refractivity contribution in [1.82, 2.24) is 9.80 Å². The number of likely N-dealkylation sites (N-methyl/N-ethyl adjacent to an activating group) is 1. The van der Waals surface area contributed by atoms with Gasteiger partial charge in [-0.2, -0.15) is 0 Å². The van der Waals surface area contributed by atoms with Crippen molar-refractivity contribution in [2.24, 2.45) is 0 Å². The van der Waals surface area contributed by atoms with Crippen molar-refractivity contribution in [3.05, 3.63) is 28.8 Å². The Kier molecular flexibility index (Phi) is 3.63. The van der Waals surface area contributed by atoms with Crippen LogP contribution in [0.1, 0.15) is 23.2 Å². The SMILES string of the molecule is CN(C)CCN1C(=O)c2cc(Cl)ccc2N2C(=O)CCC12. The molecule has 0 N–H and O–H groups in total. The van der Waals surface area contributed by atoms with Crippen LogP contribution in [0.3, 0.4) is 0 Å². The van der Waals surface area contributed by atoms with E-state index in [0.29, 0.717) is 35.7 Å². The van der Waals surface area contributed by atoms with Crippen LogP contribution >= 0.6 is 11.6 Å². The molecule has 2 aliphatic heterocycles. The number of fused-ring (bicyclic) bond motifs is 3. The van der Waals surface area contributed by atoms with Gasteiger partial charge in [0.1, 0.15) is 6.17 Å². The van der Waals surface area contributed by atoms with Gasteiger partial charge in [0.05, 0.1) is 11.3 Å². The smallest absolute Gasteiger partial charge is 0.257 e. The van der Waals surface area contributed by atoms with Crippen LogP contribution in [-0.2, 0) is 4.79 Å². The van der Waals surface area contributed by atoms with E-state index in [1.807, 2.05) is 19.0 Å². The molecule has 1 unspecified atom stereocenters. The number of anilines is 1.